The molecule has 3 heterocycles. The average molecular weight is 395 g/mol. The van der Waals surface area contributed by atoms with Crippen molar-refractivity contribution in [2.75, 3.05) is 13.1 Å². The van der Waals surface area contributed by atoms with Crippen LogP contribution in [0.1, 0.15) is 24.0 Å². The zero-order chi connectivity index (χ0) is 19.6. The number of nitrogens with zero attached hydrogens (tertiary/aromatic N) is 3. The zero-order valence-electron chi connectivity index (χ0n) is 15.5. The van der Waals surface area contributed by atoms with Gasteiger partial charge in [0.05, 0.1) is 16.0 Å². The van der Waals surface area contributed by atoms with Crippen LogP contribution < -0.4 is 4.72 Å². The van der Waals surface area contributed by atoms with Crippen LogP contribution in [0.2, 0.25) is 0 Å². The van der Waals surface area contributed by atoms with E-state index in [1.165, 1.54) is 0 Å². The SMILES string of the molecule is N#Cc1c(CN2CCC(NS(=O)(=O)c3ccccc3)CC2)cn2ccccc12. The number of aromatic nitrogens is 1. The lowest BCUT2D eigenvalue weighted by Crippen LogP contribution is -2.44. The highest BCUT2D eigenvalue weighted by molar-refractivity contribution is 7.89. The Balaban J connectivity index is 1.39. The Morgan fingerprint density at radius 2 is 1.79 bits per heavy atom. The first-order valence-electron chi connectivity index (χ1n) is 9.35. The van der Waals surface area contributed by atoms with Crippen LogP contribution in [-0.2, 0) is 16.6 Å². The first kappa shape index (κ1) is 18.7. The van der Waals surface area contributed by atoms with Gasteiger partial charge in [-0.25, -0.2) is 13.1 Å². The summed E-state index contributed by atoms with van der Waals surface area (Å²) < 4.78 is 29.8. The molecule has 0 saturated carbocycles. The van der Waals surface area contributed by atoms with E-state index in [1.807, 2.05) is 35.0 Å². The second kappa shape index (κ2) is 7.76. The molecule has 0 amide bonds. The largest absolute Gasteiger partial charge is 0.322 e. The van der Waals surface area contributed by atoms with Gasteiger partial charge in [-0.15, -0.1) is 0 Å². The van der Waals surface area contributed by atoms with Crippen molar-refractivity contribution in [3.8, 4) is 6.07 Å². The molecule has 0 radical (unpaired) electrons. The standard InChI is InChI=1S/C21H22N4O2S/c22-14-20-17(16-25-11-5-4-8-21(20)25)15-24-12-9-18(10-13-24)23-28(26,27)19-6-2-1-3-7-19/h1-8,11,16,18,23H,9-10,12-13,15H2. The summed E-state index contributed by atoms with van der Waals surface area (Å²) in [6, 6.07) is 16.6. The third kappa shape index (κ3) is 3.80. The molecule has 2 aromatic heterocycles. The minimum absolute atomic E-state index is 0.0648. The number of fused-ring (bicyclic) bond motifs is 1. The molecule has 0 bridgehead atoms. The number of nitriles is 1. The van der Waals surface area contributed by atoms with E-state index in [0.29, 0.717) is 17.0 Å². The molecular weight excluding hydrogens is 372 g/mol. The first-order valence-corrected chi connectivity index (χ1v) is 10.8. The molecule has 144 valence electrons. The number of nitrogens with one attached hydrogen (secondary N) is 1. The minimum Gasteiger partial charge on any atom is -0.322 e. The molecule has 1 aliphatic heterocycles. The summed E-state index contributed by atoms with van der Waals surface area (Å²) in [7, 11) is -3.48. The Morgan fingerprint density at radius 3 is 2.50 bits per heavy atom. The van der Waals surface area contributed by atoms with E-state index in [0.717, 1.165) is 37.0 Å². The molecule has 0 spiro atoms. The van der Waals surface area contributed by atoms with Gasteiger partial charge >= 0.3 is 0 Å². The summed E-state index contributed by atoms with van der Waals surface area (Å²) in [6.45, 7) is 2.28. The Morgan fingerprint density at radius 1 is 1.07 bits per heavy atom. The fourth-order valence-corrected chi connectivity index (χ4v) is 5.09. The van der Waals surface area contributed by atoms with Gasteiger partial charge in [0.2, 0.25) is 10.0 Å². The van der Waals surface area contributed by atoms with Crippen molar-refractivity contribution < 1.29 is 8.42 Å². The second-order valence-corrected chi connectivity index (χ2v) is 8.83. The van der Waals surface area contributed by atoms with Gasteiger partial charge in [0.15, 0.2) is 0 Å². The van der Waals surface area contributed by atoms with E-state index in [-0.39, 0.29) is 6.04 Å². The number of likely N-dealkylation sites (tertiary alicyclic amines) is 1. The molecule has 0 unspecified atom stereocenters. The van der Waals surface area contributed by atoms with Gasteiger partial charge in [-0.05, 0) is 37.1 Å². The van der Waals surface area contributed by atoms with Crippen molar-refractivity contribution >= 4 is 15.5 Å². The molecule has 1 aliphatic rings. The Hall–Kier alpha value is -2.66. The van der Waals surface area contributed by atoms with Crippen LogP contribution in [0, 0.1) is 11.3 Å². The van der Waals surface area contributed by atoms with Crippen molar-refractivity contribution in [2.24, 2.45) is 0 Å². The van der Waals surface area contributed by atoms with Crippen LogP contribution in [0.4, 0.5) is 0 Å². The first-order chi connectivity index (χ1) is 13.6. The maximum absolute atomic E-state index is 12.5. The minimum atomic E-state index is -3.48. The predicted octanol–water partition coefficient (Wildman–Crippen LogP) is 2.75. The van der Waals surface area contributed by atoms with Gasteiger partial charge in [0, 0.05) is 43.6 Å². The number of piperidine rings is 1. The third-order valence-electron chi connectivity index (χ3n) is 5.23. The van der Waals surface area contributed by atoms with Crippen LogP contribution in [0.5, 0.6) is 0 Å². The number of hydrogen-bond donors (Lipinski definition) is 1. The van der Waals surface area contributed by atoms with Gasteiger partial charge in [-0.3, -0.25) is 4.90 Å². The van der Waals surface area contributed by atoms with E-state index < -0.39 is 10.0 Å². The molecule has 0 aliphatic carbocycles. The van der Waals surface area contributed by atoms with Crippen LogP contribution in [0.3, 0.4) is 0 Å². The molecule has 6 nitrogen and oxygen atoms in total. The van der Waals surface area contributed by atoms with E-state index in [9.17, 15) is 13.7 Å². The number of pyridine rings is 1. The van der Waals surface area contributed by atoms with Gasteiger partial charge in [-0.2, -0.15) is 5.26 Å². The molecule has 28 heavy (non-hydrogen) atoms. The highest BCUT2D eigenvalue weighted by atomic mass is 32.2. The van der Waals surface area contributed by atoms with Gasteiger partial charge in [0.25, 0.3) is 0 Å². The Kier molecular flexibility index (Phi) is 5.18. The van der Waals surface area contributed by atoms with E-state index in [4.69, 9.17) is 0 Å². The summed E-state index contributed by atoms with van der Waals surface area (Å²) >= 11 is 0. The summed E-state index contributed by atoms with van der Waals surface area (Å²) in [5, 5.41) is 9.55. The fraction of sp³-hybridized carbons (Fsp3) is 0.286. The Labute approximate surface area is 165 Å². The molecule has 3 aromatic rings. The zero-order valence-corrected chi connectivity index (χ0v) is 16.3. The molecular formula is C21H22N4O2S. The van der Waals surface area contributed by atoms with Crippen molar-refractivity contribution in [3.63, 3.8) is 0 Å². The Bertz CT molecular complexity index is 1110. The van der Waals surface area contributed by atoms with Crippen molar-refractivity contribution in [2.45, 2.75) is 30.3 Å². The van der Waals surface area contributed by atoms with Crippen LogP contribution in [-0.4, -0.2) is 36.8 Å². The second-order valence-electron chi connectivity index (χ2n) is 7.12. The van der Waals surface area contributed by atoms with Crippen molar-refractivity contribution in [3.05, 3.63) is 72.1 Å². The number of hydrogen-bond acceptors (Lipinski definition) is 4. The maximum atomic E-state index is 12.5. The summed E-state index contributed by atoms with van der Waals surface area (Å²) in [4.78, 5) is 2.58. The molecule has 7 heteroatoms. The number of benzene rings is 1. The van der Waals surface area contributed by atoms with Crippen molar-refractivity contribution in [1.82, 2.24) is 14.0 Å². The van der Waals surface area contributed by atoms with Gasteiger partial charge in [0.1, 0.15) is 6.07 Å². The molecule has 1 N–H and O–H groups in total. The lowest BCUT2D eigenvalue weighted by molar-refractivity contribution is 0.200. The smallest absolute Gasteiger partial charge is 0.240 e. The van der Waals surface area contributed by atoms with Crippen molar-refractivity contribution in [1.29, 1.82) is 5.26 Å². The summed E-state index contributed by atoms with van der Waals surface area (Å²) in [6.07, 6.45) is 5.46. The topological polar surface area (TPSA) is 77.6 Å². The molecule has 1 aromatic carbocycles. The monoisotopic (exact) mass is 394 g/mol. The van der Waals surface area contributed by atoms with Gasteiger partial charge in [-0.1, -0.05) is 24.3 Å². The van der Waals surface area contributed by atoms with Crippen LogP contribution >= 0.6 is 0 Å². The van der Waals surface area contributed by atoms with Crippen LogP contribution in [0.15, 0.2) is 65.8 Å². The molecule has 0 atom stereocenters. The van der Waals surface area contributed by atoms with E-state index in [1.54, 1.807) is 30.3 Å². The van der Waals surface area contributed by atoms with E-state index in [2.05, 4.69) is 15.7 Å². The predicted molar refractivity (Wildman–Crippen MR) is 107 cm³/mol. The molecule has 1 saturated heterocycles. The normalized spacial score (nSPS) is 16.2. The third-order valence-corrected chi connectivity index (χ3v) is 6.77. The van der Waals surface area contributed by atoms with Gasteiger partial charge < -0.3 is 4.40 Å². The highest BCUT2D eigenvalue weighted by Crippen LogP contribution is 2.22. The maximum Gasteiger partial charge on any atom is 0.240 e. The van der Waals surface area contributed by atoms with E-state index >= 15 is 0 Å². The lowest BCUT2D eigenvalue weighted by Gasteiger charge is -2.32. The number of rotatable bonds is 5. The molecule has 4 rings (SSSR count). The number of sulfonamides is 1. The molecule has 1 fully saturated rings. The fourth-order valence-electron chi connectivity index (χ4n) is 3.76. The summed E-state index contributed by atoms with van der Waals surface area (Å²) in [5.41, 5.74) is 2.65. The average Bonchev–Trinajstić information content (AvgIpc) is 3.07. The lowest BCUT2D eigenvalue weighted by atomic mass is 10.0. The quantitative estimate of drug-likeness (QED) is 0.722. The summed E-state index contributed by atoms with van der Waals surface area (Å²) in [5.74, 6) is 0. The highest BCUT2D eigenvalue weighted by Gasteiger charge is 2.25. The van der Waals surface area contributed by atoms with Crippen LogP contribution in [0.25, 0.3) is 5.52 Å².